The Bertz CT molecular complexity index is 202. The zero-order valence-electron chi connectivity index (χ0n) is 8.51. The third-order valence-corrected chi connectivity index (χ3v) is 3.82. The molecule has 4 unspecified atom stereocenters. The van der Waals surface area contributed by atoms with Gasteiger partial charge in [0.05, 0.1) is 0 Å². The third kappa shape index (κ3) is 1.22. The summed E-state index contributed by atoms with van der Waals surface area (Å²) in [6.07, 6.45) is 6.87. The summed E-state index contributed by atoms with van der Waals surface area (Å²) in [6.45, 7) is 7.19. The van der Waals surface area contributed by atoms with E-state index in [2.05, 4.69) is 26.8 Å². The molecule has 0 bridgehead atoms. The van der Waals surface area contributed by atoms with Crippen molar-refractivity contribution in [3.8, 4) is 0 Å². The van der Waals surface area contributed by atoms with Gasteiger partial charge in [-0.15, -0.1) is 0 Å². The average Bonchev–Trinajstić information content (AvgIpc) is 2.28. The summed E-state index contributed by atoms with van der Waals surface area (Å²) in [6, 6.07) is 0. The van der Waals surface area contributed by atoms with Crippen LogP contribution < -0.4 is 0 Å². The molecule has 0 amide bonds. The molecule has 1 fully saturated rings. The van der Waals surface area contributed by atoms with Gasteiger partial charge in [0.25, 0.3) is 0 Å². The molecule has 0 saturated heterocycles. The highest BCUT2D eigenvalue weighted by Crippen LogP contribution is 2.46. The molecule has 4 atom stereocenters. The molecule has 0 aromatic heterocycles. The van der Waals surface area contributed by atoms with E-state index in [-0.39, 0.29) is 0 Å². The molecular formula is C12H20. The summed E-state index contributed by atoms with van der Waals surface area (Å²) in [5, 5.41) is 0. The Morgan fingerprint density at radius 3 is 2.67 bits per heavy atom. The molecule has 0 heterocycles. The summed E-state index contributed by atoms with van der Waals surface area (Å²) in [4.78, 5) is 0. The van der Waals surface area contributed by atoms with Crippen molar-refractivity contribution in [3.05, 3.63) is 11.6 Å². The van der Waals surface area contributed by atoms with Gasteiger partial charge in [-0.25, -0.2) is 0 Å². The minimum absolute atomic E-state index is 0.851. The van der Waals surface area contributed by atoms with Crippen LogP contribution >= 0.6 is 0 Å². The van der Waals surface area contributed by atoms with E-state index >= 15 is 0 Å². The fourth-order valence-electron chi connectivity index (χ4n) is 3.15. The first kappa shape index (κ1) is 8.34. The number of hydrogen-bond acceptors (Lipinski definition) is 0. The molecule has 68 valence electrons. The number of allylic oxidation sites excluding steroid dienone is 2. The fraction of sp³-hybridized carbons (Fsp3) is 0.833. The second-order valence-electron chi connectivity index (χ2n) is 4.94. The van der Waals surface area contributed by atoms with Crippen LogP contribution in [0.4, 0.5) is 0 Å². The van der Waals surface area contributed by atoms with Crippen molar-refractivity contribution in [3.63, 3.8) is 0 Å². The Morgan fingerprint density at radius 1 is 1.17 bits per heavy atom. The second-order valence-corrected chi connectivity index (χ2v) is 4.94. The lowest BCUT2D eigenvalue weighted by Gasteiger charge is -2.25. The Labute approximate surface area is 76.1 Å². The van der Waals surface area contributed by atoms with Crippen molar-refractivity contribution in [2.75, 3.05) is 0 Å². The first-order valence-electron chi connectivity index (χ1n) is 5.40. The van der Waals surface area contributed by atoms with Crippen molar-refractivity contribution >= 4 is 0 Å². The van der Waals surface area contributed by atoms with Gasteiger partial charge in [-0.1, -0.05) is 32.4 Å². The van der Waals surface area contributed by atoms with Crippen molar-refractivity contribution < 1.29 is 0 Å². The quantitative estimate of drug-likeness (QED) is 0.479. The van der Waals surface area contributed by atoms with Crippen LogP contribution in [-0.2, 0) is 0 Å². The summed E-state index contributed by atoms with van der Waals surface area (Å²) in [7, 11) is 0. The molecule has 2 rings (SSSR count). The molecule has 0 aromatic rings. The van der Waals surface area contributed by atoms with Gasteiger partial charge in [0.2, 0.25) is 0 Å². The van der Waals surface area contributed by atoms with Gasteiger partial charge in [0, 0.05) is 0 Å². The van der Waals surface area contributed by atoms with Gasteiger partial charge in [-0.3, -0.25) is 0 Å². The maximum absolute atomic E-state index is 2.56. The van der Waals surface area contributed by atoms with Gasteiger partial charge >= 0.3 is 0 Å². The first-order valence-corrected chi connectivity index (χ1v) is 5.40. The summed E-state index contributed by atoms with van der Waals surface area (Å²) < 4.78 is 0. The van der Waals surface area contributed by atoms with Gasteiger partial charge in [-0.05, 0) is 42.9 Å². The second kappa shape index (κ2) is 2.90. The number of hydrogen-bond donors (Lipinski definition) is 0. The van der Waals surface area contributed by atoms with Crippen LogP contribution in [0.3, 0.4) is 0 Å². The number of rotatable bonds is 0. The zero-order valence-corrected chi connectivity index (χ0v) is 8.51. The molecule has 0 spiro atoms. The highest BCUT2D eigenvalue weighted by molar-refractivity contribution is 5.20. The van der Waals surface area contributed by atoms with Crippen LogP contribution in [0.5, 0.6) is 0 Å². The van der Waals surface area contributed by atoms with E-state index in [0.29, 0.717) is 0 Å². The molecule has 0 radical (unpaired) electrons. The lowest BCUT2D eigenvalue weighted by atomic mass is 9.80. The highest BCUT2D eigenvalue weighted by Gasteiger charge is 2.35. The Kier molecular flexibility index (Phi) is 2.02. The highest BCUT2D eigenvalue weighted by atomic mass is 14.4. The van der Waals surface area contributed by atoms with E-state index in [9.17, 15) is 0 Å². The topological polar surface area (TPSA) is 0 Å². The summed E-state index contributed by atoms with van der Waals surface area (Å²) in [5.41, 5.74) is 1.79. The SMILES string of the molecule is CC1C=C2C(C)CC(C)C2CC1. The monoisotopic (exact) mass is 164 g/mol. The Morgan fingerprint density at radius 2 is 1.92 bits per heavy atom. The smallest absolute Gasteiger partial charge is 0.0174 e. The van der Waals surface area contributed by atoms with Crippen LogP contribution in [0.2, 0.25) is 0 Å². The van der Waals surface area contributed by atoms with Gasteiger partial charge in [-0.2, -0.15) is 0 Å². The van der Waals surface area contributed by atoms with E-state index in [1.54, 1.807) is 5.57 Å². The van der Waals surface area contributed by atoms with Crippen LogP contribution in [-0.4, -0.2) is 0 Å². The van der Waals surface area contributed by atoms with Crippen LogP contribution in [0.1, 0.15) is 40.0 Å². The largest absolute Gasteiger partial charge is 0.0819 e. The van der Waals surface area contributed by atoms with Gasteiger partial charge in [0.15, 0.2) is 0 Å². The van der Waals surface area contributed by atoms with Gasteiger partial charge in [0.1, 0.15) is 0 Å². The predicted octanol–water partition coefficient (Wildman–Crippen LogP) is 3.63. The maximum atomic E-state index is 2.56. The van der Waals surface area contributed by atoms with Crippen LogP contribution in [0.15, 0.2) is 11.6 Å². The molecule has 0 nitrogen and oxygen atoms in total. The van der Waals surface area contributed by atoms with E-state index in [1.807, 2.05) is 0 Å². The van der Waals surface area contributed by atoms with Gasteiger partial charge < -0.3 is 0 Å². The molecule has 0 N–H and O–H groups in total. The van der Waals surface area contributed by atoms with Crippen molar-refractivity contribution in [1.82, 2.24) is 0 Å². The van der Waals surface area contributed by atoms with E-state index in [1.165, 1.54) is 19.3 Å². The molecule has 0 aromatic carbocycles. The standard InChI is InChI=1S/C12H20/c1-8-4-5-11-9(2)7-10(3)12(11)6-8/h6,8-11H,4-5,7H2,1-3H3. The summed E-state index contributed by atoms with van der Waals surface area (Å²) in [5.74, 6) is 3.65. The van der Waals surface area contributed by atoms with E-state index in [0.717, 1.165) is 23.7 Å². The molecule has 2 aliphatic rings. The molecule has 0 aliphatic heterocycles. The zero-order chi connectivity index (χ0) is 8.72. The van der Waals surface area contributed by atoms with E-state index in [4.69, 9.17) is 0 Å². The predicted molar refractivity (Wildman–Crippen MR) is 52.9 cm³/mol. The lowest BCUT2D eigenvalue weighted by molar-refractivity contribution is 0.382. The Hall–Kier alpha value is -0.260. The molecule has 1 saturated carbocycles. The summed E-state index contributed by atoms with van der Waals surface area (Å²) >= 11 is 0. The van der Waals surface area contributed by atoms with Crippen molar-refractivity contribution in [1.29, 1.82) is 0 Å². The minimum atomic E-state index is 0.851. The van der Waals surface area contributed by atoms with E-state index < -0.39 is 0 Å². The maximum Gasteiger partial charge on any atom is -0.0174 e. The molecule has 0 heteroatoms. The Balaban J connectivity index is 2.24. The van der Waals surface area contributed by atoms with Crippen LogP contribution in [0.25, 0.3) is 0 Å². The molecule has 12 heavy (non-hydrogen) atoms. The third-order valence-electron chi connectivity index (χ3n) is 3.82. The lowest BCUT2D eigenvalue weighted by Crippen LogP contribution is -2.13. The minimum Gasteiger partial charge on any atom is -0.0819 e. The average molecular weight is 164 g/mol. The number of fused-ring (bicyclic) bond motifs is 1. The first-order chi connectivity index (χ1) is 5.68. The molecular weight excluding hydrogens is 144 g/mol. The molecule has 2 aliphatic carbocycles. The van der Waals surface area contributed by atoms with Crippen LogP contribution in [0, 0.1) is 23.7 Å². The fourth-order valence-corrected chi connectivity index (χ4v) is 3.15. The van der Waals surface area contributed by atoms with Crippen molar-refractivity contribution in [2.24, 2.45) is 23.7 Å². The normalized spacial score (nSPS) is 47.1. The van der Waals surface area contributed by atoms with Crippen molar-refractivity contribution in [2.45, 2.75) is 40.0 Å².